The topological polar surface area (TPSA) is 75.7 Å². The van der Waals surface area contributed by atoms with Gasteiger partial charge in [-0.25, -0.2) is 8.42 Å². The molecule has 1 amide bonds. The fourth-order valence-electron chi connectivity index (χ4n) is 2.66. The van der Waals surface area contributed by atoms with E-state index in [1.54, 1.807) is 12.1 Å². The Morgan fingerprint density at radius 2 is 1.79 bits per heavy atom. The van der Waals surface area contributed by atoms with Crippen LogP contribution in [0, 0.1) is 0 Å². The second kappa shape index (κ2) is 7.63. The van der Waals surface area contributed by atoms with Gasteiger partial charge in [0.15, 0.2) is 0 Å². The molecule has 1 aliphatic rings. The fourth-order valence-corrected chi connectivity index (χ4v) is 4.25. The van der Waals surface area contributed by atoms with Crippen molar-refractivity contribution in [2.75, 3.05) is 13.1 Å². The number of nitrogens with one attached hydrogen (secondary N) is 1. The number of carbonyl (C=O) groups is 1. The van der Waals surface area contributed by atoms with Crippen molar-refractivity contribution < 1.29 is 17.9 Å². The fraction of sp³-hybridized carbons (Fsp3) is 0.588. The molecule has 1 aromatic carbocycles. The molecular formula is C17H26N2O4S. The van der Waals surface area contributed by atoms with Gasteiger partial charge in [-0.2, -0.15) is 4.31 Å². The van der Waals surface area contributed by atoms with Gasteiger partial charge in [0.1, 0.15) is 0 Å². The maximum absolute atomic E-state index is 12.8. The standard InChI is InChI=1S/C17H26N2O4S/c1-5-12(2)18-17(20)15-6-8-16(9-7-15)24(21,22)19-10-13(3)23-14(4)11-19/h6-9,12-14H,5,10-11H2,1-4H3,(H,18,20)/t12-,13-,14+/m1/s1. The Hall–Kier alpha value is -1.44. The second-order valence-corrected chi connectivity index (χ2v) is 8.32. The van der Waals surface area contributed by atoms with Gasteiger partial charge < -0.3 is 10.1 Å². The molecule has 0 aromatic heterocycles. The number of sulfonamides is 1. The minimum Gasteiger partial charge on any atom is -0.373 e. The summed E-state index contributed by atoms with van der Waals surface area (Å²) >= 11 is 0. The predicted molar refractivity (Wildman–Crippen MR) is 92.4 cm³/mol. The van der Waals surface area contributed by atoms with E-state index in [9.17, 15) is 13.2 Å². The van der Waals surface area contributed by atoms with E-state index in [0.29, 0.717) is 18.7 Å². The van der Waals surface area contributed by atoms with Gasteiger partial charge in [0.05, 0.1) is 17.1 Å². The number of rotatable bonds is 5. The molecule has 6 nitrogen and oxygen atoms in total. The molecule has 2 rings (SSSR count). The number of amides is 1. The quantitative estimate of drug-likeness (QED) is 0.878. The van der Waals surface area contributed by atoms with Crippen molar-refractivity contribution in [1.82, 2.24) is 9.62 Å². The van der Waals surface area contributed by atoms with Gasteiger partial charge in [-0.1, -0.05) is 6.92 Å². The van der Waals surface area contributed by atoms with Gasteiger partial charge >= 0.3 is 0 Å². The molecular weight excluding hydrogens is 328 g/mol. The summed E-state index contributed by atoms with van der Waals surface area (Å²) < 4.78 is 32.5. The van der Waals surface area contributed by atoms with Crippen LogP contribution in [0.25, 0.3) is 0 Å². The zero-order valence-electron chi connectivity index (χ0n) is 14.7. The van der Waals surface area contributed by atoms with Crippen LogP contribution in [0.1, 0.15) is 44.5 Å². The summed E-state index contributed by atoms with van der Waals surface area (Å²) in [6.45, 7) is 8.31. The lowest BCUT2D eigenvalue weighted by molar-refractivity contribution is -0.0440. The van der Waals surface area contributed by atoms with Crippen molar-refractivity contribution in [3.8, 4) is 0 Å². The molecule has 0 spiro atoms. The third-order valence-corrected chi connectivity index (χ3v) is 5.98. The van der Waals surface area contributed by atoms with Crippen LogP contribution < -0.4 is 5.32 Å². The largest absolute Gasteiger partial charge is 0.373 e. The highest BCUT2D eigenvalue weighted by Gasteiger charge is 2.32. The molecule has 24 heavy (non-hydrogen) atoms. The highest BCUT2D eigenvalue weighted by Crippen LogP contribution is 2.21. The average Bonchev–Trinajstić information content (AvgIpc) is 2.53. The van der Waals surface area contributed by atoms with Gasteiger partial charge in [0, 0.05) is 24.7 Å². The Morgan fingerprint density at radius 3 is 2.29 bits per heavy atom. The molecule has 1 heterocycles. The molecule has 1 aromatic rings. The van der Waals surface area contributed by atoms with Crippen LogP contribution in [0.3, 0.4) is 0 Å². The Morgan fingerprint density at radius 1 is 1.25 bits per heavy atom. The summed E-state index contributed by atoms with van der Waals surface area (Å²) in [5, 5.41) is 2.86. The molecule has 1 fully saturated rings. The van der Waals surface area contributed by atoms with E-state index in [2.05, 4.69) is 5.32 Å². The lowest BCUT2D eigenvalue weighted by Gasteiger charge is -2.34. The Bertz CT molecular complexity index is 662. The van der Waals surface area contributed by atoms with E-state index >= 15 is 0 Å². The third kappa shape index (κ3) is 4.34. The second-order valence-electron chi connectivity index (χ2n) is 6.39. The van der Waals surface area contributed by atoms with E-state index in [-0.39, 0.29) is 29.1 Å². The number of ether oxygens (including phenoxy) is 1. The number of hydrogen-bond acceptors (Lipinski definition) is 4. The summed E-state index contributed by atoms with van der Waals surface area (Å²) in [4.78, 5) is 12.3. The summed E-state index contributed by atoms with van der Waals surface area (Å²) in [5.41, 5.74) is 0.456. The first-order chi connectivity index (χ1) is 11.2. The van der Waals surface area contributed by atoms with Crippen molar-refractivity contribution in [2.45, 2.75) is 57.3 Å². The Labute approximate surface area is 144 Å². The smallest absolute Gasteiger partial charge is 0.251 e. The minimum absolute atomic E-state index is 0.0808. The van der Waals surface area contributed by atoms with Crippen molar-refractivity contribution >= 4 is 15.9 Å². The van der Waals surface area contributed by atoms with Gasteiger partial charge in [0.2, 0.25) is 10.0 Å². The van der Waals surface area contributed by atoms with E-state index in [1.165, 1.54) is 16.4 Å². The Kier molecular flexibility index (Phi) is 6.01. The molecule has 7 heteroatoms. The number of carbonyl (C=O) groups excluding carboxylic acids is 1. The SMILES string of the molecule is CC[C@@H](C)NC(=O)c1ccc(S(=O)(=O)N2C[C@@H](C)O[C@@H](C)C2)cc1. The summed E-state index contributed by atoms with van der Waals surface area (Å²) in [7, 11) is -3.58. The van der Waals surface area contributed by atoms with Crippen LogP contribution in [0.4, 0.5) is 0 Å². The van der Waals surface area contributed by atoms with Crippen molar-refractivity contribution in [1.29, 1.82) is 0 Å². The molecule has 0 aliphatic carbocycles. The number of benzene rings is 1. The summed E-state index contributed by atoms with van der Waals surface area (Å²) in [6.07, 6.45) is 0.569. The van der Waals surface area contributed by atoms with E-state index in [4.69, 9.17) is 4.74 Å². The lowest BCUT2D eigenvalue weighted by Crippen LogP contribution is -2.48. The van der Waals surface area contributed by atoms with Crippen LogP contribution in [-0.2, 0) is 14.8 Å². The molecule has 3 atom stereocenters. The molecule has 134 valence electrons. The van der Waals surface area contributed by atoms with Crippen LogP contribution in [-0.4, -0.2) is 50.0 Å². The molecule has 0 radical (unpaired) electrons. The highest BCUT2D eigenvalue weighted by atomic mass is 32.2. The number of morpholine rings is 1. The lowest BCUT2D eigenvalue weighted by atomic mass is 10.2. The molecule has 1 saturated heterocycles. The first-order valence-corrected chi connectivity index (χ1v) is 9.74. The first kappa shape index (κ1) is 18.9. The first-order valence-electron chi connectivity index (χ1n) is 8.30. The van der Waals surface area contributed by atoms with Crippen molar-refractivity contribution in [3.63, 3.8) is 0 Å². The van der Waals surface area contributed by atoms with Crippen LogP contribution in [0.5, 0.6) is 0 Å². The minimum atomic E-state index is -3.58. The van der Waals surface area contributed by atoms with Gasteiger partial charge in [-0.15, -0.1) is 0 Å². The predicted octanol–water partition coefficient (Wildman–Crippen LogP) is 2.01. The zero-order valence-corrected chi connectivity index (χ0v) is 15.5. The summed E-state index contributed by atoms with van der Waals surface area (Å²) in [5.74, 6) is -0.193. The van der Waals surface area contributed by atoms with Gasteiger partial charge in [-0.05, 0) is 51.5 Å². The molecule has 0 saturated carbocycles. The van der Waals surface area contributed by atoms with E-state index in [1.807, 2.05) is 27.7 Å². The molecule has 1 N–H and O–H groups in total. The monoisotopic (exact) mass is 354 g/mol. The van der Waals surface area contributed by atoms with Crippen LogP contribution >= 0.6 is 0 Å². The van der Waals surface area contributed by atoms with E-state index < -0.39 is 10.0 Å². The van der Waals surface area contributed by atoms with Crippen molar-refractivity contribution in [3.05, 3.63) is 29.8 Å². The average molecular weight is 354 g/mol. The normalized spacial score (nSPS) is 23.7. The highest BCUT2D eigenvalue weighted by molar-refractivity contribution is 7.89. The third-order valence-electron chi connectivity index (χ3n) is 4.13. The van der Waals surface area contributed by atoms with Crippen LogP contribution in [0.15, 0.2) is 29.2 Å². The van der Waals surface area contributed by atoms with Gasteiger partial charge in [-0.3, -0.25) is 4.79 Å². The molecule has 0 unspecified atom stereocenters. The van der Waals surface area contributed by atoms with Crippen LogP contribution in [0.2, 0.25) is 0 Å². The maximum atomic E-state index is 12.8. The van der Waals surface area contributed by atoms with E-state index in [0.717, 1.165) is 6.42 Å². The molecule has 0 bridgehead atoms. The molecule has 1 aliphatic heterocycles. The zero-order chi connectivity index (χ0) is 17.9. The van der Waals surface area contributed by atoms with Gasteiger partial charge in [0.25, 0.3) is 5.91 Å². The summed E-state index contributed by atoms with van der Waals surface area (Å²) in [6, 6.07) is 6.17. The number of hydrogen-bond donors (Lipinski definition) is 1. The van der Waals surface area contributed by atoms with Crippen molar-refractivity contribution in [2.24, 2.45) is 0 Å². The Balaban J connectivity index is 2.16. The maximum Gasteiger partial charge on any atom is 0.251 e. The number of nitrogens with zero attached hydrogens (tertiary/aromatic N) is 1.